The summed E-state index contributed by atoms with van der Waals surface area (Å²) in [6.45, 7) is 1.82. The van der Waals surface area contributed by atoms with Gasteiger partial charge in [0.15, 0.2) is 0 Å². The third kappa shape index (κ3) is 4.93. The van der Waals surface area contributed by atoms with E-state index in [-0.39, 0.29) is 18.1 Å². The Morgan fingerprint density at radius 2 is 2.19 bits per heavy atom. The Hall–Kier alpha value is -1.76. The van der Waals surface area contributed by atoms with Gasteiger partial charge in [0.1, 0.15) is 0 Å². The van der Waals surface area contributed by atoms with Crippen LogP contribution >= 0.6 is 0 Å². The molecule has 1 aromatic rings. The topological polar surface area (TPSA) is 50.4 Å². The highest BCUT2D eigenvalue weighted by Gasteiger charge is 2.30. The van der Waals surface area contributed by atoms with E-state index >= 15 is 0 Å². The van der Waals surface area contributed by atoms with Gasteiger partial charge >= 0.3 is 6.18 Å². The number of carbonyl (C=O) groups is 1. The lowest BCUT2D eigenvalue weighted by atomic mass is 10.1. The van der Waals surface area contributed by atoms with E-state index in [0.717, 1.165) is 18.6 Å². The Kier molecular flexibility index (Phi) is 5.06. The first-order valence-corrected chi connectivity index (χ1v) is 6.71. The van der Waals surface area contributed by atoms with Gasteiger partial charge in [0.25, 0.3) is 0 Å². The molecule has 0 bridgehead atoms. The average molecular weight is 302 g/mol. The van der Waals surface area contributed by atoms with Crippen molar-refractivity contribution in [2.75, 3.05) is 31.6 Å². The van der Waals surface area contributed by atoms with Crippen LogP contribution in [0.3, 0.4) is 0 Å². The Labute approximate surface area is 120 Å². The monoisotopic (exact) mass is 302 g/mol. The lowest BCUT2D eigenvalue weighted by Gasteiger charge is -2.12. The summed E-state index contributed by atoms with van der Waals surface area (Å²) in [6.07, 6.45) is -3.47. The largest absolute Gasteiger partial charge is 0.416 e. The molecular weight excluding hydrogens is 285 g/mol. The maximum Gasteiger partial charge on any atom is 0.416 e. The van der Waals surface area contributed by atoms with Gasteiger partial charge in [0.2, 0.25) is 5.91 Å². The van der Waals surface area contributed by atoms with Gasteiger partial charge in [0.05, 0.1) is 18.7 Å². The number of amides is 1. The molecule has 0 aromatic heterocycles. The molecule has 2 N–H and O–H groups in total. The summed E-state index contributed by atoms with van der Waals surface area (Å²) in [5, 5.41) is 5.43. The minimum atomic E-state index is -4.39. The van der Waals surface area contributed by atoms with Crippen LogP contribution in [0, 0.1) is 5.92 Å². The quantitative estimate of drug-likeness (QED) is 0.877. The van der Waals surface area contributed by atoms with Gasteiger partial charge in [0, 0.05) is 24.8 Å². The zero-order valence-electron chi connectivity index (χ0n) is 11.4. The Morgan fingerprint density at radius 1 is 1.38 bits per heavy atom. The first-order chi connectivity index (χ1) is 9.95. The number of rotatable bonds is 5. The molecule has 0 spiro atoms. The molecule has 1 atom stereocenters. The number of hydrogen-bond acceptors (Lipinski definition) is 3. The second-order valence-corrected chi connectivity index (χ2v) is 4.97. The summed E-state index contributed by atoms with van der Waals surface area (Å²) in [4.78, 5) is 11.6. The van der Waals surface area contributed by atoms with Crippen LogP contribution in [0.25, 0.3) is 0 Å². The normalized spacial score (nSPS) is 18.5. The van der Waals surface area contributed by atoms with Gasteiger partial charge in [-0.25, -0.2) is 0 Å². The molecule has 0 radical (unpaired) electrons. The molecule has 21 heavy (non-hydrogen) atoms. The van der Waals surface area contributed by atoms with E-state index in [1.165, 1.54) is 12.1 Å². The van der Waals surface area contributed by atoms with E-state index < -0.39 is 11.7 Å². The first-order valence-electron chi connectivity index (χ1n) is 6.71. The molecule has 4 nitrogen and oxygen atoms in total. The summed E-state index contributed by atoms with van der Waals surface area (Å²) < 4.78 is 42.8. The van der Waals surface area contributed by atoms with Crippen molar-refractivity contribution in [3.8, 4) is 0 Å². The van der Waals surface area contributed by atoms with Crippen LogP contribution in [-0.4, -0.2) is 32.2 Å². The van der Waals surface area contributed by atoms with Crippen LogP contribution < -0.4 is 10.6 Å². The Morgan fingerprint density at radius 3 is 2.86 bits per heavy atom. The summed E-state index contributed by atoms with van der Waals surface area (Å²) in [7, 11) is 0. The number of alkyl halides is 3. The van der Waals surface area contributed by atoms with E-state index in [1.807, 2.05) is 0 Å². The number of benzene rings is 1. The van der Waals surface area contributed by atoms with Crippen LogP contribution in [0.5, 0.6) is 0 Å². The highest BCUT2D eigenvalue weighted by molar-refractivity contribution is 5.80. The zero-order valence-corrected chi connectivity index (χ0v) is 11.4. The number of ether oxygens (including phenoxy) is 1. The third-order valence-electron chi connectivity index (χ3n) is 3.25. The van der Waals surface area contributed by atoms with Gasteiger partial charge in [-0.3, -0.25) is 4.79 Å². The molecule has 0 saturated carbocycles. The highest BCUT2D eigenvalue weighted by atomic mass is 19.4. The Balaban J connectivity index is 1.78. The highest BCUT2D eigenvalue weighted by Crippen LogP contribution is 2.30. The Bertz CT molecular complexity index is 485. The van der Waals surface area contributed by atoms with E-state index in [1.54, 1.807) is 0 Å². The van der Waals surface area contributed by atoms with Crippen molar-refractivity contribution in [3.05, 3.63) is 29.8 Å². The van der Waals surface area contributed by atoms with Crippen molar-refractivity contribution < 1.29 is 22.7 Å². The van der Waals surface area contributed by atoms with Crippen LogP contribution in [0.2, 0.25) is 0 Å². The summed E-state index contributed by atoms with van der Waals surface area (Å²) in [6, 6.07) is 4.77. The van der Waals surface area contributed by atoms with Crippen LogP contribution in [0.1, 0.15) is 12.0 Å². The molecule has 1 fully saturated rings. The smallest absolute Gasteiger partial charge is 0.381 e. The van der Waals surface area contributed by atoms with Gasteiger partial charge in [-0.2, -0.15) is 13.2 Å². The minimum Gasteiger partial charge on any atom is -0.381 e. The molecule has 1 aromatic carbocycles. The van der Waals surface area contributed by atoms with Crippen LogP contribution in [0.15, 0.2) is 24.3 Å². The first kappa shape index (κ1) is 15.6. The SMILES string of the molecule is O=C(CNc1cccc(C(F)(F)F)c1)NCC1CCOC1. The third-order valence-corrected chi connectivity index (χ3v) is 3.25. The van der Waals surface area contributed by atoms with E-state index in [0.29, 0.717) is 25.7 Å². The fraction of sp³-hybridized carbons (Fsp3) is 0.500. The van der Waals surface area contributed by atoms with Gasteiger partial charge in [-0.1, -0.05) is 6.07 Å². The lowest BCUT2D eigenvalue weighted by molar-refractivity contribution is -0.137. The van der Waals surface area contributed by atoms with E-state index in [2.05, 4.69) is 10.6 Å². The molecule has 1 saturated heterocycles. The van der Waals surface area contributed by atoms with Crippen LogP contribution in [-0.2, 0) is 15.7 Å². The van der Waals surface area contributed by atoms with Gasteiger partial charge in [-0.15, -0.1) is 0 Å². The fourth-order valence-electron chi connectivity index (χ4n) is 2.05. The maximum absolute atomic E-state index is 12.5. The molecule has 1 unspecified atom stereocenters. The zero-order chi connectivity index (χ0) is 15.3. The molecule has 116 valence electrons. The van der Waals surface area contributed by atoms with E-state index in [9.17, 15) is 18.0 Å². The maximum atomic E-state index is 12.5. The van der Waals surface area contributed by atoms with Crippen molar-refractivity contribution in [1.82, 2.24) is 5.32 Å². The number of hydrogen-bond donors (Lipinski definition) is 2. The van der Waals surface area contributed by atoms with Crippen LogP contribution in [0.4, 0.5) is 18.9 Å². The van der Waals surface area contributed by atoms with Crippen molar-refractivity contribution in [2.45, 2.75) is 12.6 Å². The predicted molar refractivity (Wildman–Crippen MR) is 71.9 cm³/mol. The number of nitrogens with one attached hydrogen (secondary N) is 2. The molecule has 1 aliphatic heterocycles. The summed E-state index contributed by atoms with van der Waals surface area (Å²) >= 11 is 0. The van der Waals surface area contributed by atoms with Crippen molar-refractivity contribution in [2.24, 2.45) is 5.92 Å². The lowest BCUT2D eigenvalue weighted by Crippen LogP contribution is -2.34. The molecule has 0 aliphatic carbocycles. The second-order valence-electron chi connectivity index (χ2n) is 4.97. The number of halogens is 3. The molecule has 7 heteroatoms. The molecule has 2 rings (SSSR count). The minimum absolute atomic E-state index is 0.0606. The van der Waals surface area contributed by atoms with Crippen molar-refractivity contribution >= 4 is 11.6 Å². The average Bonchev–Trinajstić information content (AvgIpc) is 2.95. The molecular formula is C14H17F3N2O2. The van der Waals surface area contributed by atoms with Crippen molar-refractivity contribution in [3.63, 3.8) is 0 Å². The molecule has 1 amide bonds. The number of anilines is 1. The number of carbonyl (C=O) groups excluding carboxylic acids is 1. The molecule has 1 heterocycles. The standard InChI is InChI=1S/C14H17F3N2O2/c15-14(16,17)11-2-1-3-12(6-11)18-8-13(20)19-7-10-4-5-21-9-10/h1-3,6,10,18H,4-5,7-9H2,(H,19,20). The fourth-order valence-corrected chi connectivity index (χ4v) is 2.05. The van der Waals surface area contributed by atoms with E-state index in [4.69, 9.17) is 4.74 Å². The second kappa shape index (κ2) is 6.80. The molecule has 1 aliphatic rings. The summed E-state index contributed by atoms with van der Waals surface area (Å²) in [5.41, 5.74) is -0.472. The van der Waals surface area contributed by atoms with Gasteiger partial charge < -0.3 is 15.4 Å². The predicted octanol–water partition coefficient (Wildman–Crippen LogP) is 2.27. The summed E-state index contributed by atoms with van der Waals surface area (Å²) in [5.74, 6) is 0.0711. The van der Waals surface area contributed by atoms with Gasteiger partial charge in [-0.05, 0) is 24.6 Å². The van der Waals surface area contributed by atoms with Crippen molar-refractivity contribution in [1.29, 1.82) is 0 Å².